The Kier molecular flexibility index (Phi) is 2.04. The van der Waals surface area contributed by atoms with Crippen molar-refractivity contribution in [3.8, 4) is 0 Å². The summed E-state index contributed by atoms with van der Waals surface area (Å²) in [4.78, 5) is 25.8. The minimum atomic E-state index is -0.347. The van der Waals surface area contributed by atoms with E-state index in [9.17, 15) is 9.59 Å². The van der Waals surface area contributed by atoms with Gasteiger partial charge in [-0.25, -0.2) is 4.79 Å². The number of carbonyl (C=O) groups is 2. The molecule has 1 amide bonds. The van der Waals surface area contributed by atoms with Crippen molar-refractivity contribution in [3.63, 3.8) is 0 Å². The molecule has 4 nitrogen and oxygen atoms in total. The molecule has 3 heterocycles. The molecule has 0 radical (unpaired) electrons. The van der Waals surface area contributed by atoms with Crippen LogP contribution in [0.1, 0.15) is 21.7 Å². The molecule has 0 aromatic carbocycles. The molecular weight excluding hydrogens is 226 g/mol. The summed E-state index contributed by atoms with van der Waals surface area (Å²) in [5, 5.41) is 1.94. The topological polar surface area (TPSA) is 46.6 Å². The van der Waals surface area contributed by atoms with E-state index in [0.717, 1.165) is 5.56 Å². The van der Waals surface area contributed by atoms with Gasteiger partial charge in [0.2, 0.25) is 0 Å². The summed E-state index contributed by atoms with van der Waals surface area (Å²) < 4.78 is 5.05. The van der Waals surface area contributed by atoms with Crippen molar-refractivity contribution in [3.05, 3.63) is 21.9 Å². The Morgan fingerprint density at radius 3 is 3.00 bits per heavy atom. The zero-order valence-electron chi connectivity index (χ0n) is 8.80. The predicted octanol–water partition coefficient (Wildman–Crippen LogP) is 1.20. The smallest absolute Gasteiger partial charge is 0.329 e. The van der Waals surface area contributed by atoms with Gasteiger partial charge in [-0.15, -0.1) is 11.3 Å². The SMILES string of the molecule is Cc1csc(C(=O)N2C[C@@H]3C[C@H]2C(=O)O3)c1. The number of ether oxygens (including phenoxy) is 1. The van der Waals surface area contributed by atoms with Gasteiger partial charge in [0, 0.05) is 6.42 Å². The summed E-state index contributed by atoms with van der Waals surface area (Å²) >= 11 is 1.43. The third-order valence-electron chi connectivity index (χ3n) is 3.02. The average Bonchev–Trinajstić information content (AvgIpc) is 2.90. The Morgan fingerprint density at radius 1 is 1.62 bits per heavy atom. The fourth-order valence-corrected chi connectivity index (χ4v) is 3.11. The largest absolute Gasteiger partial charge is 0.459 e. The number of esters is 1. The van der Waals surface area contributed by atoms with Crippen LogP contribution in [0.15, 0.2) is 11.4 Å². The number of thiophene rings is 1. The van der Waals surface area contributed by atoms with E-state index in [1.807, 2.05) is 18.4 Å². The number of amides is 1. The third kappa shape index (κ3) is 1.35. The zero-order chi connectivity index (χ0) is 11.3. The van der Waals surface area contributed by atoms with Crippen molar-refractivity contribution in [2.45, 2.75) is 25.5 Å². The number of hydrogen-bond donors (Lipinski definition) is 0. The van der Waals surface area contributed by atoms with Crippen molar-refractivity contribution < 1.29 is 14.3 Å². The predicted molar refractivity (Wildman–Crippen MR) is 58.4 cm³/mol. The van der Waals surface area contributed by atoms with Gasteiger partial charge in [-0.05, 0) is 23.9 Å². The van der Waals surface area contributed by atoms with Crippen molar-refractivity contribution in [1.82, 2.24) is 4.90 Å². The molecule has 0 aliphatic carbocycles. The van der Waals surface area contributed by atoms with E-state index in [-0.39, 0.29) is 24.0 Å². The molecule has 1 aromatic rings. The van der Waals surface area contributed by atoms with Gasteiger partial charge >= 0.3 is 5.97 Å². The van der Waals surface area contributed by atoms with E-state index in [4.69, 9.17) is 4.74 Å². The molecule has 16 heavy (non-hydrogen) atoms. The lowest BCUT2D eigenvalue weighted by atomic mass is 10.2. The van der Waals surface area contributed by atoms with Crippen LogP contribution in [0.5, 0.6) is 0 Å². The molecule has 3 rings (SSSR count). The fraction of sp³-hybridized carbons (Fsp3) is 0.455. The number of rotatable bonds is 1. The van der Waals surface area contributed by atoms with Gasteiger partial charge in [-0.2, -0.15) is 0 Å². The highest BCUT2D eigenvalue weighted by atomic mass is 32.1. The van der Waals surface area contributed by atoms with Crippen LogP contribution in [0.25, 0.3) is 0 Å². The summed E-state index contributed by atoms with van der Waals surface area (Å²) in [6.07, 6.45) is 0.581. The maximum Gasteiger partial charge on any atom is 0.329 e. The molecule has 2 atom stereocenters. The Morgan fingerprint density at radius 2 is 2.44 bits per heavy atom. The molecule has 0 N–H and O–H groups in total. The van der Waals surface area contributed by atoms with Crippen LogP contribution in [0.3, 0.4) is 0 Å². The van der Waals surface area contributed by atoms with Crippen LogP contribution >= 0.6 is 11.3 Å². The number of fused-ring (bicyclic) bond motifs is 2. The van der Waals surface area contributed by atoms with Gasteiger partial charge in [-0.3, -0.25) is 4.79 Å². The summed E-state index contributed by atoms with van der Waals surface area (Å²) in [6, 6.07) is 1.52. The standard InChI is InChI=1S/C11H11NO3S/c1-6-2-9(16-5-6)10(13)12-4-7-3-8(12)11(14)15-7/h2,5,7-8H,3-4H2,1H3/t7-,8-/m0/s1. The number of nitrogens with zero attached hydrogens (tertiary/aromatic N) is 1. The first kappa shape index (κ1) is 9.84. The first-order chi connectivity index (χ1) is 7.65. The minimum Gasteiger partial charge on any atom is -0.459 e. The monoisotopic (exact) mass is 237 g/mol. The Bertz CT molecular complexity index is 468. The highest BCUT2D eigenvalue weighted by Crippen LogP contribution is 2.31. The van der Waals surface area contributed by atoms with Crippen molar-refractivity contribution in [2.24, 2.45) is 0 Å². The lowest BCUT2D eigenvalue weighted by Gasteiger charge is -2.25. The van der Waals surface area contributed by atoms with E-state index >= 15 is 0 Å². The van der Waals surface area contributed by atoms with E-state index in [0.29, 0.717) is 17.8 Å². The minimum absolute atomic E-state index is 0.0396. The van der Waals surface area contributed by atoms with Crippen LogP contribution in [-0.4, -0.2) is 35.5 Å². The van der Waals surface area contributed by atoms with Crippen LogP contribution in [0.2, 0.25) is 0 Å². The highest BCUT2D eigenvalue weighted by Gasteiger charge is 2.48. The normalized spacial score (nSPS) is 27.3. The first-order valence-corrected chi connectivity index (χ1v) is 6.10. The van der Waals surface area contributed by atoms with Crippen LogP contribution in [-0.2, 0) is 9.53 Å². The molecule has 1 aromatic heterocycles. The van der Waals surface area contributed by atoms with Gasteiger partial charge in [0.15, 0.2) is 0 Å². The number of aryl methyl sites for hydroxylation is 1. The van der Waals surface area contributed by atoms with E-state index in [1.54, 1.807) is 4.90 Å². The molecule has 5 heteroatoms. The second kappa shape index (κ2) is 3.31. The summed E-state index contributed by atoms with van der Waals surface area (Å²) in [7, 11) is 0. The molecule has 0 unspecified atom stereocenters. The van der Waals surface area contributed by atoms with Gasteiger partial charge in [0.1, 0.15) is 12.1 Å². The molecule has 0 spiro atoms. The zero-order valence-corrected chi connectivity index (χ0v) is 9.62. The fourth-order valence-electron chi connectivity index (χ4n) is 2.26. The summed E-state index contributed by atoms with van der Waals surface area (Å²) in [6.45, 7) is 2.50. The van der Waals surface area contributed by atoms with Crippen LogP contribution in [0, 0.1) is 6.92 Å². The van der Waals surface area contributed by atoms with Gasteiger partial charge in [0.25, 0.3) is 5.91 Å². The Labute approximate surface area is 96.8 Å². The number of morpholine rings is 1. The van der Waals surface area contributed by atoms with Gasteiger partial charge < -0.3 is 9.64 Å². The molecule has 0 saturated carbocycles. The van der Waals surface area contributed by atoms with E-state index in [1.165, 1.54) is 11.3 Å². The molecule has 2 bridgehead atoms. The van der Waals surface area contributed by atoms with E-state index in [2.05, 4.69) is 0 Å². The Balaban J connectivity index is 1.84. The lowest BCUT2D eigenvalue weighted by Crippen LogP contribution is -2.44. The molecule has 2 aliphatic heterocycles. The first-order valence-electron chi connectivity index (χ1n) is 5.22. The summed E-state index contributed by atoms with van der Waals surface area (Å²) in [5.74, 6) is -0.292. The number of hydrogen-bond acceptors (Lipinski definition) is 4. The van der Waals surface area contributed by atoms with Crippen molar-refractivity contribution in [2.75, 3.05) is 6.54 Å². The molecule has 2 aliphatic rings. The lowest BCUT2D eigenvalue weighted by molar-refractivity contribution is -0.149. The third-order valence-corrected chi connectivity index (χ3v) is 4.06. The molecule has 84 valence electrons. The molecular formula is C11H11NO3S. The maximum atomic E-state index is 12.1. The van der Waals surface area contributed by atoms with Crippen molar-refractivity contribution in [1.29, 1.82) is 0 Å². The number of likely N-dealkylation sites (tertiary alicyclic amines) is 1. The van der Waals surface area contributed by atoms with E-state index < -0.39 is 0 Å². The quantitative estimate of drug-likeness (QED) is 0.689. The second-order valence-corrected chi connectivity index (χ2v) is 5.17. The van der Waals surface area contributed by atoms with Crippen LogP contribution in [0.4, 0.5) is 0 Å². The van der Waals surface area contributed by atoms with Crippen LogP contribution < -0.4 is 0 Å². The Hall–Kier alpha value is -1.36. The molecule has 2 saturated heterocycles. The van der Waals surface area contributed by atoms with Gasteiger partial charge in [0.05, 0.1) is 11.4 Å². The summed E-state index contributed by atoms with van der Waals surface area (Å²) in [5.41, 5.74) is 1.08. The molecule has 2 fully saturated rings. The second-order valence-electron chi connectivity index (χ2n) is 4.26. The van der Waals surface area contributed by atoms with Crippen molar-refractivity contribution >= 4 is 23.2 Å². The maximum absolute atomic E-state index is 12.1. The average molecular weight is 237 g/mol. The number of carbonyl (C=O) groups excluding carboxylic acids is 2. The van der Waals surface area contributed by atoms with Gasteiger partial charge in [-0.1, -0.05) is 0 Å². The highest BCUT2D eigenvalue weighted by molar-refractivity contribution is 7.12.